The molecule has 0 aliphatic carbocycles. The fraction of sp³-hybridized carbons (Fsp3) is 0.615. The molecule has 0 bridgehead atoms. The Kier molecular flexibility index (Phi) is 3.89. The zero-order chi connectivity index (χ0) is 16.0. The van der Waals surface area contributed by atoms with Crippen molar-refractivity contribution in [1.82, 2.24) is 14.5 Å². The molecule has 0 spiro atoms. The highest BCUT2D eigenvalue weighted by Gasteiger charge is 2.40. The molecule has 1 saturated heterocycles. The highest BCUT2D eigenvalue weighted by Crippen LogP contribution is 2.32. The molecule has 0 amide bonds. The molecule has 22 heavy (non-hydrogen) atoms. The molecular formula is C13H17N3O5S. The first-order valence-electron chi connectivity index (χ1n) is 7.06. The number of hydrogen-bond acceptors (Lipinski definition) is 7. The maximum absolute atomic E-state index is 12.2. The highest BCUT2D eigenvalue weighted by atomic mass is 32.1. The predicted octanol–water partition coefficient (Wildman–Crippen LogP) is -0.126. The Bertz CT molecular complexity index is 810. The van der Waals surface area contributed by atoms with E-state index in [1.54, 1.807) is 6.92 Å². The molecule has 0 aromatic carbocycles. The van der Waals surface area contributed by atoms with Crippen LogP contribution in [0.15, 0.2) is 9.59 Å². The standard InChI is InChI=1S/C13H17N3O5S/c1-3-6(17)8-4-7(18)12(21-8)16-10-9(22-13(16)20)11(19)15-5(2)14-10/h6-8,12,17-18H,3-4H2,1-2H3,(H,14,15,19)/t6-,7-,8+,12-/m1/s1. The number of aromatic amines is 1. The van der Waals surface area contributed by atoms with E-state index in [2.05, 4.69) is 9.97 Å². The average molecular weight is 327 g/mol. The molecule has 1 aliphatic rings. The normalized spacial score (nSPS) is 26.6. The summed E-state index contributed by atoms with van der Waals surface area (Å²) in [6, 6.07) is 0. The topological polar surface area (TPSA) is 117 Å². The van der Waals surface area contributed by atoms with Gasteiger partial charge < -0.3 is 19.9 Å². The van der Waals surface area contributed by atoms with Gasteiger partial charge in [0.15, 0.2) is 11.9 Å². The second-order valence-electron chi connectivity index (χ2n) is 5.39. The number of rotatable bonds is 3. The summed E-state index contributed by atoms with van der Waals surface area (Å²) in [5.74, 6) is 0.377. The molecule has 9 heteroatoms. The van der Waals surface area contributed by atoms with Gasteiger partial charge in [-0.3, -0.25) is 14.2 Å². The lowest BCUT2D eigenvalue weighted by Crippen LogP contribution is -2.28. The largest absolute Gasteiger partial charge is 0.390 e. The van der Waals surface area contributed by atoms with E-state index < -0.39 is 29.4 Å². The summed E-state index contributed by atoms with van der Waals surface area (Å²) < 4.78 is 7.06. The summed E-state index contributed by atoms with van der Waals surface area (Å²) in [4.78, 5) is 30.4. The molecule has 0 radical (unpaired) electrons. The summed E-state index contributed by atoms with van der Waals surface area (Å²) in [6.07, 6.45) is -2.43. The molecule has 3 rings (SSSR count). The van der Waals surface area contributed by atoms with Crippen LogP contribution >= 0.6 is 11.3 Å². The number of aromatic nitrogens is 3. The van der Waals surface area contributed by atoms with Gasteiger partial charge in [0.25, 0.3) is 5.56 Å². The first-order valence-corrected chi connectivity index (χ1v) is 7.87. The monoisotopic (exact) mass is 327 g/mol. The third-order valence-corrected chi connectivity index (χ3v) is 4.75. The lowest BCUT2D eigenvalue weighted by atomic mass is 10.1. The molecule has 3 heterocycles. The zero-order valence-corrected chi connectivity index (χ0v) is 13.0. The summed E-state index contributed by atoms with van der Waals surface area (Å²) in [6.45, 7) is 3.42. The zero-order valence-electron chi connectivity index (χ0n) is 12.1. The first kappa shape index (κ1) is 15.3. The molecule has 1 fully saturated rings. The number of fused-ring (bicyclic) bond motifs is 1. The van der Waals surface area contributed by atoms with Crippen molar-refractivity contribution in [3.63, 3.8) is 0 Å². The molecule has 8 nitrogen and oxygen atoms in total. The van der Waals surface area contributed by atoms with Gasteiger partial charge in [0.05, 0.1) is 12.2 Å². The summed E-state index contributed by atoms with van der Waals surface area (Å²) in [5.41, 5.74) is -0.187. The van der Waals surface area contributed by atoms with Crippen LogP contribution in [-0.2, 0) is 4.74 Å². The van der Waals surface area contributed by atoms with E-state index in [1.807, 2.05) is 6.92 Å². The molecule has 2 aromatic rings. The second-order valence-corrected chi connectivity index (χ2v) is 6.35. The van der Waals surface area contributed by atoms with Gasteiger partial charge in [-0.25, -0.2) is 4.98 Å². The quantitative estimate of drug-likeness (QED) is 0.723. The van der Waals surface area contributed by atoms with Gasteiger partial charge in [0.1, 0.15) is 16.6 Å². The highest BCUT2D eigenvalue weighted by molar-refractivity contribution is 7.16. The Hall–Kier alpha value is -1.55. The molecule has 0 unspecified atom stereocenters. The molecule has 4 atom stereocenters. The molecule has 3 N–H and O–H groups in total. The Morgan fingerprint density at radius 1 is 1.55 bits per heavy atom. The van der Waals surface area contributed by atoms with Crippen molar-refractivity contribution in [3.8, 4) is 0 Å². The van der Waals surface area contributed by atoms with Crippen molar-refractivity contribution in [1.29, 1.82) is 0 Å². The maximum atomic E-state index is 12.2. The van der Waals surface area contributed by atoms with Gasteiger partial charge >= 0.3 is 4.87 Å². The van der Waals surface area contributed by atoms with Crippen LogP contribution in [0.2, 0.25) is 0 Å². The van der Waals surface area contributed by atoms with Crippen LogP contribution in [0.4, 0.5) is 0 Å². The average Bonchev–Trinajstić information content (AvgIpc) is 2.98. The van der Waals surface area contributed by atoms with E-state index >= 15 is 0 Å². The maximum Gasteiger partial charge on any atom is 0.311 e. The predicted molar refractivity (Wildman–Crippen MR) is 80.1 cm³/mol. The van der Waals surface area contributed by atoms with Crippen LogP contribution in [0, 0.1) is 6.92 Å². The minimum atomic E-state index is -0.943. The number of aliphatic hydroxyl groups is 2. The minimum absolute atomic E-state index is 0.200. The first-order chi connectivity index (χ1) is 10.4. The van der Waals surface area contributed by atoms with Crippen LogP contribution in [0.3, 0.4) is 0 Å². The smallest absolute Gasteiger partial charge is 0.311 e. The van der Waals surface area contributed by atoms with E-state index in [4.69, 9.17) is 4.74 Å². The second kappa shape index (κ2) is 5.58. The van der Waals surface area contributed by atoms with Gasteiger partial charge in [-0.05, 0) is 13.3 Å². The van der Waals surface area contributed by atoms with E-state index in [1.165, 1.54) is 4.57 Å². The Morgan fingerprint density at radius 3 is 2.95 bits per heavy atom. The number of H-pyrrole nitrogens is 1. The number of thiazole rings is 1. The van der Waals surface area contributed by atoms with E-state index in [9.17, 15) is 19.8 Å². The van der Waals surface area contributed by atoms with Crippen LogP contribution in [-0.4, -0.2) is 43.1 Å². The summed E-state index contributed by atoms with van der Waals surface area (Å²) >= 11 is 0.766. The number of hydrogen-bond donors (Lipinski definition) is 3. The Labute approximate surface area is 129 Å². The van der Waals surface area contributed by atoms with Crippen molar-refractivity contribution in [2.75, 3.05) is 0 Å². The molecule has 0 saturated carbocycles. The van der Waals surface area contributed by atoms with Crippen molar-refractivity contribution < 1.29 is 14.9 Å². The van der Waals surface area contributed by atoms with Gasteiger partial charge in [-0.2, -0.15) is 0 Å². The molecule has 120 valence electrons. The van der Waals surface area contributed by atoms with E-state index in [0.717, 1.165) is 11.3 Å². The van der Waals surface area contributed by atoms with Crippen molar-refractivity contribution in [2.45, 2.75) is 51.2 Å². The fourth-order valence-corrected chi connectivity index (χ4v) is 3.53. The van der Waals surface area contributed by atoms with E-state index in [0.29, 0.717) is 12.2 Å². The van der Waals surface area contributed by atoms with Crippen molar-refractivity contribution in [3.05, 3.63) is 25.8 Å². The number of ether oxygens (including phenoxy) is 1. The van der Waals surface area contributed by atoms with E-state index in [-0.39, 0.29) is 22.3 Å². The Morgan fingerprint density at radius 2 is 2.27 bits per heavy atom. The van der Waals surface area contributed by atoms with Gasteiger partial charge in [0.2, 0.25) is 0 Å². The number of aliphatic hydroxyl groups excluding tert-OH is 2. The summed E-state index contributed by atoms with van der Waals surface area (Å²) in [7, 11) is 0. The molecular weight excluding hydrogens is 310 g/mol. The molecule has 2 aromatic heterocycles. The van der Waals surface area contributed by atoms with Gasteiger partial charge in [-0.15, -0.1) is 0 Å². The third-order valence-electron chi connectivity index (χ3n) is 3.81. The molecule has 1 aliphatic heterocycles. The lowest BCUT2D eigenvalue weighted by Gasteiger charge is -2.18. The van der Waals surface area contributed by atoms with Crippen LogP contribution in [0.1, 0.15) is 31.8 Å². The number of aryl methyl sites for hydroxylation is 1. The SMILES string of the molecule is CC[C@@H](O)[C@@H]1C[C@@H](O)[C@H](n2c(=O)sc3c(=O)[nH]c(C)nc32)O1. The minimum Gasteiger partial charge on any atom is -0.390 e. The van der Waals surface area contributed by atoms with Crippen LogP contribution in [0.25, 0.3) is 10.3 Å². The van der Waals surface area contributed by atoms with Crippen molar-refractivity contribution >= 4 is 21.7 Å². The van der Waals surface area contributed by atoms with Crippen LogP contribution in [0.5, 0.6) is 0 Å². The number of nitrogens with zero attached hydrogens (tertiary/aromatic N) is 2. The Balaban J connectivity index is 2.09. The van der Waals surface area contributed by atoms with Gasteiger partial charge in [0, 0.05) is 6.42 Å². The lowest BCUT2D eigenvalue weighted by molar-refractivity contribution is -0.0752. The summed E-state index contributed by atoms with van der Waals surface area (Å²) in [5, 5.41) is 20.1. The van der Waals surface area contributed by atoms with Crippen LogP contribution < -0.4 is 10.4 Å². The van der Waals surface area contributed by atoms with Crippen molar-refractivity contribution in [2.24, 2.45) is 0 Å². The van der Waals surface area contributed by atoms with Gasteiger partial charge in [-0.1, -0.05) is 18.3 Å². The number of nitrogens with one attached hydrogen (secondary N) is 1. The third kappa shape index (κ3) is 2.39. The fourth-order valence-electron chi connectivity index (χ4n) is 2.69.